The van der Waals surface area contributed by atoms with Crippen molar-refractivity contribution in [2.24, 2.45) is 15.5 Å². The minimum absolute atomic E-state index is 0.0862. The average Bonchev–Trinajstić information content (AvgIpc) is 3.19. The maximum Gasteiger partial charge on any atom is 0.239 e. The number of hydrogen-bond acceptors (Lipinski definition) is 8. The number of carbonyl (C=O) groups excluding carboxylic acids is 2. The fraction of sp³-hybridized carbons (Fsp3) is 0.526. The SMILES string of the molecule is NC1=NS(O)(O)Nc2cccc(OCC3(C(=O)NC4CCCC4)CCCNC3=O)c21. The summed E-state index contributed by atoms with van der Waals surface area (Å²) in [6, 6.07) is 5.00. The molecule has 3 aliphatic rings. The Morgan fingerprint density at radius 1 is 1.33 bits per heavy atom. The Hall–Kier alpha value is -2.50. The van der Waals surface area contributed by atoms with Crippen molar-refractivity contribution in [2.45, 2.75) is 44.6 Å². The summed E-state index contributed by atoms with van der Waals surface area (Å²) in [6.07, 6.45) is 5.03. The maximum atomic E-state index is 13.2. The molecule has 0 radical (unpaired) electrons. The van der Waals surface area contributed by atoms with Crippen LogP contribution in [0.4, 0.5) is 5.69 Å². The molecule has 1 saturated carbocycles. The minimum Gasteiger partial charge on any atom is -0.491 e. The van der Waals surface area contributed by atoms with Crippen LogP contribution < -0.4 is 25.8 Å². The normalized spacial score (nSPS) is 26.6. The summed E-state index contributed by atoms with van der Waals surface area (Å²) < 4.78 is 31.8. The van der Waals surface area contributed by atoms with Gasteiger partial charge in [-0.05, 0) is 48.8 Å². The Labute approximate surface area is 176 Å². The lowest BCUT2D eigenvalue weighted by atomic mass is 9.79. The van der Waals surface area contributed by atoms with Crippen molar-refractivity contribution in [2.75, 3.05) is 17.9 Å². The molecule has 1 aromatic carbocycles. The highest BCUT2D eigenvalue weighted by atomic mass is 32.3. The minimum atomic E-state index is -3.42. The Bertz CT molecular complexity index is 886. The summed E-state index contributed by atoms with van der Waals surface area (Å²) in [5, 5.41) is 5.83. The van der Waals surface area contributed by atoms with Crippen LogP contribution in [0.1, 0.15) is 44.1 Å². The van der Waals surface area contributed by atoms with Gasteiger partial charge in [0.2, 0.25) is 11.8 Å². The van der Waals surface area contributed by atoms with Crippen LogP contribution in [0.3, 0.4) is 0 Å². The van der Waals surface area contributed by atoms with Crippen LogP contribution in [0.2, 0.25) is 0 Å². The zero-order valence-corrected chi connectivity index (χ0v) is 17.3. The van der Waals surface area contributed by atoms with Gasteiger partial charge < -0.3 is 21.1 Å². The van der Waals surface area contributed by atoms with Crippen molar-refractivity contribution in [3.8, 4) is 5.75 Å². The van der Waals surface area contributed by atoms with E-state index in [0.29, 0.717) is 36.4 Å². The Morgan fingerprint density at radius 2 is 2.10 bits per heavy atom. The number of nitrogens with zero attached hydrogens (tertiary/aromatic N) is 1. The average molecular weight is 438 g/mol. The number of nitrogens with two attached hydrogens (primary N) is 1. The van der Waals surface area contributed by atoms with Gasteiger partial charge in [-0.15, -0.1) is 4.40 Å². The molecule has 10 nitrogen and oxygen atoms in total. The first kappa shape index (κ1) is 20.8. The lowest BCUT2D eigenvalue weighted by Crippen LogP contribution is -2.58. The van der Waals surface area contributed by atoms with Crippen LogP contribution in [-0.2, 0) is 9.59 Å². The Kier molecular flexibility index (Phi) is 5.51. The van der Waals surface area contributed by atoms with E-state index in [4.69, 9.17) is 10.5 Å². The number of piperidine rings is 1. The molecule has 11 heteroatoms. The zero-order chi connectivity index (χ0) is 21.4. The first-order chi connectivity index (χ1) is 14.3. The summed E-state index contributed by atoms with van der Waals surface area (Å²) in [5.74, 6) is -0.437. The molecular weight excluding hydrogens is 410 g/mol. The molecule has 0 aromatic heterocycles. The molecule has 1 aromatic rings. The van der Waals surface area contributed by atoms with Crippen molar-refractivity contribution in [3.05, 3.63) is 23.8 Å². The van der Waals surface area contributed by atoms with Gasteiger partial charge in [-0.3, -0.25) is 23.4 Å². The van der Waals surface area contributed by atoms with E-state index in [2.05, 4.69) is 19.8 Å². The Balaban J connectivity index is 1.58. The van der Waals surface area contributed by atoms with Gasteiger partial charge in [0.15, 0.2) is 11.3 Å². The number of hydrogen-bond donors (Lipinski definition) is 6. The number of amides is 2. The number of carbonyl (C=O) groups is 2. The summed E-state index contributed by atoms with van der Waals surface area (Å²) >= 11 is 0. The van der Waals surface area contributed by atoms with E-state index >= 15 is 0 Å². The molecule has 2 amide bonds. The molecule has 7 N–H and O–H groups in total. The van der Waals surface area contributed by atoms with Crippen molar-refractivity contribution < 1.29 is 23.4 Å². The molecule has 2 fully saturated rings. The third kappa shape index (κ3) is 3.92. The molecule has 1 aliphatic carbocycles. The van der Waals surface area contributed by atoms with Gasteiger partial charge in [0.1, 0.15) is 12.4 Å². The molecule has 0 spiro atoms. The van der Waals surface area contributed by atoms with Gasteiger partial charge in [0, 0.05) is 12.6 Å². The molecular formula is C19H27N5O5S. The molecule has 1 atom stereocenters. The number of nitrogens with one attached hydrogen (secondary N) is 3. The van der Waals surface area contributed by atoms with Crippen LogP contribution in [0.5, 0.6) is 5.75 Å². The molecule has 0 bridgehead atoms. The van der Waals surface area contributed by atoms with Gasteiger partial charge in [-0.2, -0.15) is 0 Å². The second kappa shape index (κ2) is 7.97. The number of amidine groups is 1. The lowest BCUT2D eigenvalue weighted by molar-refractivity contribution is -0.148. The predicted octanol–water partition coefficient (Wildman–Crippen LogP) is 1.73. The summed E-state index contributed by atoms with van der Waals surface area (Å²) in [6.45, 7) is 0.372. The van der Waals surface area contributed by atoms with E-state index in [1.165, 1.54) is 0 Å². The van der Waals surface area contributed by atoms with Crippen molar-refractivity contribution in [1.82, 2.24) is 10.6 Å². The highest BCUT2D eigenvalue weighted by Gasteiger charge is 2.49. The van der Waals surface area contributed by atoms with Gasteiger partial charge >= 0.3 is 0 Å². The van der Waals surface area contributed by atoms with Gasteiger partial charge in [0.05, 0.1) is 11.3 Å². The molecule has 2 heterocycles. The van der Waals surface area contributed by atoms with Gasteiger partial charge in [-0.1, -0.05) is 18.9 Å². The first-order valence-electron chi connectivity index (χ1n) is 10.1. The highest BCUT2D eigenvalue weighted by molar-refractivity contribution is 8.24. The van der Waals surface area contributed by atoms with E-state index < -0.39 is 16.4 Å². The van der Waals surface area contributed by atoms with Crippen LogP contribution in [0, 0.1) is 5.41 Å². The largest absolute Gasteiger partial charge is 0.491 e. The van der Waals surface area contributed by atoms with E-state index in [-0.39, 0.29) is 30.3 Å². The highest BCUT2D eigenvalue weighted by Crippen LogP contribution is 2.47. The van der Waals surface area contributed by atoms with Crippen molar-refractivity contribution in [3.63, 3.8) is 0 Å². The van der Waals surface area contributed by atoms with Crippen LogP contribution in [-0.4, -0.2) is 45.9 Å². The van der Waals surface area contributed by atoms with Crippen LogP contribution >= 0.6 is 11.0 Å². The Morgan fingerprint density at radius 3 is 2.83 bits per heavy atom. The smallest absolute Gasteiger partial charge is 0.239 e. The maximum absolute atomic E-state index is 13.2. The fourth-order valence-electron chi connectivity index (χ4n) is 4.24. The summed E-state index contributed by atoms with van der Waals surface area (Å²) in [7, 11) is -3.42. The second-order valence-electron chi connectivity index (χ2n) is 7.96. The van der Waals surface area contributed by atoms with E-state index in [1.807, 2.05) is 0 Å². The topological polar surface area (TPSA) is 158 Å². The molecule has 1 saturated heterocycles. The second-order valence-corrected chi connectivity index (χ2v) is 9.39. The number of fused-ring (bicyclic) bond motifs is 1. The van der Waals surface area contributed by atoms with Crippen LogP contribution in [0.25, 0.3) is 0 Å². The number of anilines is 1. The zero-order valence-electron chi connectivity index (χ0n) is 16.5. The fourth-order valence-corrected chi connectivity index (χ4v) is 5.12. The molecule has 164 valence electrons. The van der Waals surface area contributed by atoms with Crippen molar-refractivity contribution in [1.29, 1.82) is 0 Å². The number of benzene rings is 1. The van der Waals surface area contributed by atoms with Gasteiger partial charge in [0.25, 0.3) is 0 Å². The monoisotopic (exact) mass is 437 g/mol. The number of rotatable bonds is 5. The van der Waals surface area contributed by atoms with Gasteiger partial charge in [-0.25, -0.2) is 0 Å². The quantitative estimate of drug-likeness (QED) is 0.383. The molecule has 2 aliphatic heterocycles. The third-order valence-electron chi connectivity index (χ3n) is 5.85. The van der Waals surface area contributed by atoms with E-state index in [1.54, 1.807) is 18.2 Å². The van der Waals surface area contributed by atoms with E-state index in [9.17, 15) is 18.7 Å². The standard InChI is InChI=1S/C19H27N5O5S/c20-16-15-13(23-30(27,28)24-16)7-3-8-14(15)29-11-19(9-4-10-21-17(19)25)18(26)22-12-5-1-2-6-12/h3,7-8,12,23,27-28H,1-2,4-6,9-11H2,(H2,20,24)(H,21,25)(H,22,26). The van der Waals surface area contributed by atoms with Crippen molar-refractivity contribution >= 4 is 34.3 Å². The molecule has 4 rings (SSSR count). The predicted molar refractivity (Wildman–Crippen MR) is 114 cm³/mol. The summed E-state index contributed by atoms with van der Waals surface area (Å²) in [5.41, 5.74) is 5.33. The van der Waals surface area contributed by atoms with E-state index in [0.717, 1.165) is 25.7 Å². The summed E-state index contributed by atoms with van der Waals surface area (Å²) in [4.78, 5) is 26.0. The molecule has 1 unspecified atom stereocenters. The lowest BCUT2D eigenvalue weighted by Gasteiger charge is -2.36. The first-order valence-corrected chi connectivity index (χ1v) is 11.6. The molecule has 30 heavy (non-hydrogen) atoms. The number of ether oxygens (including phenoxy) is 1. The van der Waals surface area contributed by atoms with Crippen LogP contribution in [0.15, 0.2) is 22.6 Å². The third-order valence-corrected chi connectivity index (χ3v) is 6.80.